The first kappa shape index (κ1) is 12.8. The molecule has 1 fully saturated rings. The van der Waals surface area contributed by atoms with Gasteiger partial charge in [-0.05, 0) is 19.4 Å². The Morgan fingerprint density at radius 1 is 1.28 bits per heavy atom. The summed E-state index contributed by atoms with van der Waals surface area (Å²) in [6.45, 7) is 1.31. The maximum atomic E-state index is 11.9. The van der Waals surface area contributed by atoms with Crippen LogP contribution in [-0.2, 0) is 4.79 Å². The molecule has 1 aromatic rings. The molecule has 4 nitrogen and oxygen atoms in total. The van der Waals surface area contributed by atoms with E-state index in [-0.39, 0.29) is 5.78 Å². The van der Waals surface area contributed by atoms with E-state index in [0.717, 1.165) is 13.0 Å². The fraction of sp³-hybridized carbons (Fsp3) is 0.429. The Labute approximate surface area is 106 Å². The summed E-state index contributed by atoms with van der Waals surface area (Å²) in [7, 11) is 0. The third-order valence-electron chi connectivity index (χ3n) is 3.37. The summed E-state index contributed by atoms with van der Waals surface area (Å²) in [4.78, 5) is 24.8. The van der Waals surface area contributed by atoms with Crippen LogP contribution in [0.3, 0.4) is 0 Å². The average Bonchev–Trinajstić information content (AvgIpc) is 2.85. The SMILES string of the molecule is O=C(CCN1CCCC1C(=O)O)c1ccccc1. The molecule has 0 saturated carbocycles. The minimum atomic E-state index is -0.778. The molecular formula is C14H17NO3. The summed E-state index contributed by atoms with van der Waals surface area (Å²) in [5.41, 5.74) is 0.698. The monoisotopic (exact) mass is 247 g/mol. The molecule has 18 heavy (non-hydrogen) atoms. The van der Waals surface area contributed by atoms with E-state index in [1.165, 1.54) is 0 Å². The standard InChI is InChI=1S/C14H17NO3/c16-13(11-5-2-1-3-6-11)8-10-15-9-4-7-12(15)14(17)18/h1-3,5-6,12H,4,7-10H2,(H,17,18). The van der Waals surface area contributed by atoms with Crippen molar-refractivity contribution in [1.29, 1.82) is 0 Å². The highest BCUT2D eigenvalue weighted by Gasteiger charge is 2.30. The number of carboxylic acid groups (broad SMARTS) is 1. The van der Waals surface area contributed by atoms with Crippen molar-refractivity contribution in [3.63, 3.8) is 0 Å². The molecule has 1 N–H and O–H groups in total. The number of rotatable bonds is 5. The van der Waals surface area contributed by atoms with Gasteiger partial charge in [-0.25, -0.2) is 0 Å². The number of aliphatic carboxylic acids is 1. The summed E-state index contributed by atoms with van der Waals surface area (Å²) >= 11 is 0. The zero-order valence-corrected chi connectivity index (χ0v) is 10.2. The Morgan fingerprint density at radius 3 is 2.67 bits per heavy atom. The number of hydrogen-bond acceptors (Lipinski definition) is 3. The summed E-state index contributed by atoms with van der Waals surface area (Å²) in [5, 5.41) is 9.04. The van der Waals surface area contributed by atoms with Crippen molar-refractivity contribution in [2.24, 2.45) is 0 Å². The Kier molecular flexibility index (Phi) is 4.10. The molecule has 96 valence electrons. The van der Waals surface area contributed by atoms with Crippen molar-refractivity contribution in [3.05, 3.63) is 35.9 Å². The van der Waals surface area contributed by atoms with Gasteiger partial charge in [0.2, 0.25) is 0 Å². The molecule has 0 radical (unpaired) electrons. The highest BCUT2D eigenvalue weighted by atomic mass is 16.4. The van der Waals surface area contributed by atoms with E-state index in [1.807, 2.05) is 23.1 Å². The molecule has 1 atom stereocenters. The lowest BCUT2D eigenvalue weighted by molar-refractivity contribution is -0.142. The van der Waals surface area contributed by atoms with E-state index in [0.29, 0.717) is 24.9 Å². The number of carboxylic acids is 1. The molecule has 1 unspecified atom stereocenters. The number of Topliss-reactive ketones (excluding diaryl/α,β-unsaturated/α-hetero) is 1. The first-order valence-corrected chi connectivity index (χ1v) is 6.23. The lowest BCUT2D eigenvalue weighted by Gasteiger charge is -2.20. The number of nitrogens with zero attached hydrogens (tertiary/aromatic N) is 1. The third kappa shape index (κ3) is 2.96. The van der Waals surface area contributed by atoms with Crippen LogP contribution in [0.4, 0.5) is 0 Å². The van der Waals surface area contributed by atoms with E-state index in [9.17, 15) is 9.59 Å². The van der Waals surface area contributed by atoms with E-state index < -0.39 is 12.0 Å². The van der Waals surface area contributed by atoms with E-state index >= 15 is 0 Å². The van der Waals surface area contributed by atoms with Gasteiger partial charge in [0.05, 0.1) is 0 Å². The average molecular weight is 247 g/mol. The fourth-order valence-electron chi connectivity index (χ4n) is 2.39. The van der Waals surface area contributed by atoms with Gasteiger partial charge in [0.15, 0.2) is 5.78 Å². The van der Waals surface area contributed by atoms with Crippen LogP contribution in [0.1, 0.15) is 29.6 Å². The van der Waals surface area contributed by atoms with Gasteiger partial charge in [-0.3, -0.25) is 14.5 Å². The van der Waals surface area contributed by atoms with Gasteiger partial charge in [0.1, 0.15) is 6.04 Å². The molecule has 1 saturated heterocycles. The molecule has 1 heterocycles. The van der Waals surface area contributed by atoms with Crippen LogP contribution in [0.5, 0.6) is 0 Å². The largest absolute Gasteiger partial charge is 0.480 e. The van der Waals surface area contributed by atoms with Gasteiger partial charge >= 0.3 is 5.97 Å². The molecule has 0 bridgehead atoms. The summed E-state index contributed by atoms with van der Waals surface area (Å²) < 4.78 is 0. The third-order valence-corrected chi connectivity index (χ3v) is 3.37. The molecule has 0 amide bonds. The Balaban J connectivity index is 1.88. The van der Waals surface area contributed by atoms with Crippen LogP contribution in [-0.4, -0.2) is 40.9 Å². The topological polar surface area (TPSA) is 57.6 Å². The minimum Gasteiger partial charge on any atom is -0.480 e. The van der Waals surface area contributed by atoms with Gasteiger partial charge in [-0.1, -0.05) is 30.3 Å². The lowest BCUT2D eigenvalue weighted by Crippen LogP contribution is -2.37. The number of benzene rings is 1. The van der Waals surface area contributed by atoms with Crippen LogP contribution in [0.2, 0.25) is 0 Å². The summed E-state index contributed by atoms with van der Waals surface area (Å²) in [6, 6.07) is 8.72. The molecule has 0 spiro atoms. The number of hydrogen-bond donors (Lipinski definition) is 1. The van der Waals surface area contributed by atoms with Gasteiger partial charge in [-0.15, -0.1) is 0 Å². The molecule has 4 heteroatoms. The number of carbonyl (C=O) groups is 2. The highest BCUT2D eigenvalue weighted by molar-refractivity contribution is 5.96. The van der Waals surface area contributed by atoms with Crippen molar-refractivity contribution in [3.8, 4) is 0 Å². The van der Waals surface area contributed by atoms with Gasteiger partial charge in [-0.2, -0.15) is 0 Å². The number of likely N-dealkylation sites (tertiary alicyclic amines) is 1. The van der Waals surface area contributed by atoms with Crippen LogP contribution < -0.4 is 0 Å². The van der Waals surface area contributed by atoms with Crippen molar-refractivity contribution in [2.75, 3.05) is 13.1 Å². The van der Waals surface area contributed by atoms with Gasteiger partial charge < -0.3 is 5.11 Å². The maximum absolute atomic E-state index is 11.9. The quantitative estimate of drug-likeness (QED) is 0.806. The summed E-state index contributed by atoms with van der Waals surface area (Å²) in [6.07, 6.45) is 1.97. The molecule has 0 aliphatic carbocycles. The Bertz CT molecular complexity index is 430. The minimum absolute atomic E-state index is 0.0756. The zero-order valence-electron chi connectivity index (χ0n) is 10.2. The van der Waals surface area contributed by atoms with Crippen molar-refractivity contribution >= 4 is 11.8 Å². The number of ketones is 1. The first-order valence-electron chi connectivity index (χ1n) is 6.23. The second-order valence-electron chi connectivity index (χ2n) is 4.57. The fourth-order valence-corrected chi connectivity index (χ4v) is 2.39. The van der Waals surface area contributed by atoms with Crippen LogP contribution in [0, 0.1) is 0 Å². The lowest BCUT2D eigenvalue weighted by atomic mass is 10.1. The predicted octanol–water partition coefficient (Wildman–Crippen LogP) is 1.81. The first-order chi connectivity index (χ1) is 8.68. The van der Waals surface area contributed by atoms with Crippen molar-refractivity contribution < 1.29 is 14.7 Å². The molecule has 1 aliphatic rings. The van der Waals surface area contributed by atoms with Crippen LogP contribution in [0.15, 0.2) is 30.3 Å². The van der Waals surface area contributed by atoms with Gasteiger partial charge in [0.25, 0.3) is 0 Å². The molecule has 1 aromatic carbocycles. The summed E-state index contributed by atoms with van der Waals surface area (Å²) in [5.74, 6) is -0.703. The highest BCUT2D eigenvalue weighted by Crippen LogP contribution is 2.18. The maximum Gasteiger partial charge on any atom is 0.320 e. The number of carbonyl (C=O) groups excluding carboxylic acids is 1. The molecular weight excluding hydrogens is 230 g/mol. The van der Waals surface area contributed by atoms with E-state index in [2.05, 4.69) is 0 Å². The normalized spacial score (nSPS) is 19.9. The van der Waals surface area contributed by atoms with Crippen molar-refractivity contribution in [1.82, 2.24) is 4.90 Å². The van der Waals surface area contributed by atoms with E-state index in [4.69, 9.17) is 5.11 Å². The smallest absolute Gasteiger partial charge is 0.320 e. The van der Waals surface area contributed by atoms with Crippen LogP contribution >= 0.6 is 0 Å². The Hall–Kier alpha value is -1.68. The second kappa shape index (κ2) is 5.78. The molecule has 0 aromatic heterocycles. The van der Waals surface area contributed by atoms with E-state index in [1.54, 1.807) is 12.1 Å². The predicted molar refractivity (Wildman–Crippen MR) is 67.6 cm³/mol. The second-order valence-corrected chi connectivity index (χ2v) is 4.57. The van der Waals surface area contributed by atoms with Gasteiger partial charge in [0, 0.05) is 18.5 Å². The zero-order chi connectivity index (χ0) is 13.0. The van der Waals surface area contributed by atoms with Crippen LogP contribution in [0.25, 0.3) is 0 Å². The molecule has 1 aliphatic heterocycles. The molecule has 2 rings (SSSR count). The Morgan fingerprint density at radius 2 is 2.00 bits per heavy atom. The van der Waals surface area contributed by atoms with Crippen molar-refractivity contribution in [2.45, 2.75) is 25.3 Å².